The van der Waals surface area contributed by atoms with Gasteiger partial charge in [-0.25, -0.2) is 0 Å². The lowest BCUT2D eigenvalue weighted by atomic mass is 9.78. The van der Waals surface area contributed by atoms with Crippen molar-refractivity contribution in [2.24, 2.45) is 11.8 Å². The minimum atomic E-state index is -1.68. The van der Waals surface area contributed by atoms with Crippen molar-refractivity contribution in [3.05, 3.63) is 0 Å². The van der Waals surface area contributed by atoms with Crippen molar-refractivity contribution < 1.29 is 54.1 Å². The fourth-order valence-electron chi connectivity index (χ4n) is 5.98. The Hall–Kier alpha value is -3.16. The zero-order valence-corrected chi connectivity index (χ0v) is 27.6. The number of aliphatic carboxylic acids is 3. The summed E-state index contributed by atoms with van der Waals surface area (Å²) in [5.41, 5.74) is 0. The largest absolute Gasteiger partial charge is 0.480 e. The Kier molecular flexibility index (Phi) is 16.7. The van der Waals surface area contributed by atoms with Crippen LogP contribution in [-0.2, 0) is 28.8 Å². The summed E-state index contributed by atoms with van der Waals surface area (Å²) in [5, 5.41) is 50.1. The third-order valence-corrected chi connectivity index (χ3v) is 8.65. The molecule has 0 unspecified atom stereocenters. The number of amides is 2. The second-order valence-corrected chi connectivity index (χ2v) is 12.8. The molecule has 0 saturated carbocycles. The standard InChI is InChI=1S/C29H51BN6O11/c1-20(2)23(28(44)31-21(3)29(45)36-6-4-5-24(36)30(46)47)15-22(37)16-32-7-9-33(17-25(38)39)11-13-35(19-27(42)43)14-12-34(10-8-32)18-26(40)41/h20-21,23-24,46-47H,4-19H2,1-3H3,(H,31,44)(H,38,39)(H,40,41)(H,42,43)/t21-,23+,24+/m1/s1. The van der Waals surface area contributed by atoms with E-state index in [4.69, 9.17) is 0 Å². The van der Waals surface area contributed by atoms with Gasteiger partial charge in [0, 0.05) is 71.2 Å². The molecule has 2 heterocycles. The Morgan fingerprint density at radius 3 is 1.45 bits per heavy atom. The second-order valence-electron chi connectivity index (χ2n) is 12.8. The highest BCUT2D eigenvalue weighted by Gasteiger charge is 2.39. The first-order valence-corrected chi connectivity index (χ1v) is 16.1. The average molecular weight is 671 g/mol. The lowest BCUT2D eigenvalue weighted by Crippen LogP contribution is -2.53. The highest BCUT2D eigenvalue weighted by molar-refractivity contribution is 6.43. The topological polar surface area (TPSA) is 232 Å². The van der Waals surface area contributed by atoms with Gasteiger partial charge in [-0.15, -0.1) is 0 Å². The van der Waals surface area contributed by atoms with Crippen LogP contribution in [0, 0.1) is 11.8 Å². The smallest absolute Gasteiger partial charge is 0.475 e. The molecule has 17 nitrogen and oxygen atoms in total. The van der Waals surface area contributed by atoms with Gasteiger partial charge in [-0.3, -0.25) is 48.4 Å². The van der Waals surface area contributed by atoms with Gasteiger partial charge in [0.15, 0.2) is 0 Å². The van der Waals surface area contributed by atoms with Crippen LogP contribution in [0.2, 0.25) is 0 Å². The Morgan fingerprint density at radius 1 is 0.681 bits per heavy atom. The molecule has 0 aromatic rings. The van der Waals surface area contributed by atoms with E-state index in [-0.39, 0.29) is 96.7 Å². The number of likely N-dealkylation sites (tertiary alicyclic amines) is 1. The molecule has 0 aliphatic carbocycles. The van der Waals surface area contributed by atoms with E-state index >= 15 is 0 Å². The Labute approximate surface area is 275 Å². The van der Waals surface area contributed by atoms with Crippen LogP contribution in [0.4, 0.5) is 0 Å². The molecule has 0 radical (unpaired) electrons. The molecule has 266 valence electrons. The van der Waals surface area contributed by atoms with Crippen molar-refractivity contribution in [1.29, 1.82) is 0 Å². The molecular formula is C29H51BN6O11. The number of carboxylic acid groups (broad SMARTS) is 3. The summed E-state index contributed by atoms with van der Waals surface area (Å²) in [7, 11) is -1.68. The Balaban J connectivity index is 2.12. The van der Waals surface area contributed by atoms with Gasteiger partial charge in [-0.05, 0) is 25.7 Å². The molecule has 47 heavy (non-hydrogen) atoms. The van der Waals surface area contributed by atoms with Crippen LogP contribution >= 0.6 is 0 Å². The molecule has 0 spiro atoms. The zero-order chi connectivity index (χ0) is 35.3. The van der Waals surface area contributed by atoms with Gasteiger partial charge in [-0.1, -0.05) is 13.8 Å². The molecule has 18 heteroatoms. The predicted octanol–water partition coefficient (Wildman–Crippen LogP) is -2.80. The summed E-state index contributed by atoms with van der Waals surface area (Å²) in [6.45, 7) is 6.62. The Bertz CT molecular complexity index is 1060. The summed E-state index contributed by atoms with van der Waals surface area (Å²) in [6.07, 6.45) is 0.930. The molecule has 0 bridgehead atoms. The third-order valence-electron chi connectivity index (χ3n) is 8.65. The molecule has 6 N–H and O–H groups in total. The van der Waals surface area contributed by atoms with Crippen LogP contribution in [0.5, 0.6) is 0 Å². The molecule has 2 aliphatic heterocycles. The van der Waals surface area contributed by atoms with Gasteiger partial charge in [0.25, 0.3) is 0 Å². The number of nitrogens with zero attached hydrogens (tertiary/aromatic N) is 5. The van der Waals surface area contributed by atoms with Gasteiger partial charge in [0.2, 0.25) is 11.8 Å². The van der Waals surface area contributed by atoms with Gasteiger partial charge in [0.1, 0.15) is 11.8 Å². The summed E-state index contributed by atoms with van der Waals surface area (Å²) in [4.78, 5) is 82.2. The second kappa shape index (κ2) is 19.6. The zero-order valence-electron chi connectivity index (χ0n) is 27.6. The van der Waals surface area contributed by atoms with Crippen molar-refractivity contribution in [1.82, 2.24) is 29.8 Å². The van der Waals surface area contributed by atoms with E-state index in [9.17, 15) is 54.1 Å². The highest BCUT2D eigenvalue weighted by atomic mass is 16.4. The number of carboxylic acids is 3. The Morgan fingerprint density at radius 2 is 1.09 bits per heavy atom. The summed E-state index contributed by atoms with van der Waals surface area (Å²) in [5.74, 6) is -6.08. The highest BCUT2D eigenvalue weighted by Crippen LogP contribution is 2.20. The van der Waals surface area contributed by atoms with Gasteiger partial charge in [-0.2, -0.15) is 0 Å². The molecule has 3 atom stereocenters. The molecule has 0 aromatic carbocycles. The van der Waals surface area contributed by atoms with Crippen LogP contribution in [0.15, 0.2) is 0 Å². The van der Waals surface area contributed by atoms with E-state index in [0.29, 0.717) is 19.4 Å². The summed E-state index contributed by atoms with van der Waals surface area (Å²) in [6, 6.07) is -0.944. The van der Waals surface area contributed by atoms with E-state index < -0.39 is 54.7 Å². The normalized spacial score (nSPS) is 21.0. The first-order chi connectivity index (χ1) is 22.1. The monoisotopic (exact) mass is 670 g/mol. The summed E-state index contributed by atoms with van der Waals surface area (Å²) >= 11 is 0. The van der Waals surface area contributed by atoms with Crippen LogP contribution in [0.25, 0.3) is 0 Å². The van der Waals surface area contributed by atoms with Crippen molar-refractivity contribution in [3.8, 4) is 0 Å². The van der Waals surface area contributed by atoms with E-state index in [2.05, 4.69) is 5.32 Å². The van der Waals surface area contributed by atoms with Gasteiger partial charge in [0.05, 0.1) is 32.1 Å². The number of carbonyl (C=O) groups is 6. The lowest BCUT2D eigenvalue weighted by molar-refractivity contribution is -0.140. The molecule has 2 amide bonds. The summed E-state index contributed by atoms with van der Waals surface area (Å²) < 4.78 is 0. The first-order valence-electron chi connectivity index (χ1n) is 16.1. The molecule has 2 fully saturated rings. The quantitative estimate of drug-likeness (QED) is 0.0967. The maximum Gasteiger partial charge on any atom is 0.475 e. The fourth-order valence-corrected chi connectivity index (χ4v) is 5.98. The first kappa shape index (κ1) is 40.0. The van der Waals surface area contributed by atoms with Gasteiger partial charge >= 0.3 is 25.0 Å². The minimum absolute atomic E-state index is 0.0677. The van der Waals surface area contributed by atoms with Crippen molar-refractivity contribution in [2.75, 3.05) is 85.1 Å². The van der Waals surface area contributed by atoms with Crippen LogP contribution in [-0.4, -0.2) is 190 Å². The fraction of sp³-hybridized carbons (Fsp3) is 0.793. The molecule has 2 aliphatic rings. The number of ketones is 1. The molecular weight excluding hydrogens is 619 g/mol. The molecule has 0 aromatic heterocycles. The predicted molar refractivity (Wildman–Crippen MR) is 169 cm³/mol. The van der Waals surface area contributed by atoms with E-state index in [1.54, 1.807) is 33.4 Å². The number of carbonyl (C=O) groups excluding carboxylic acids is 3. The minimum Gasteiger partial charge on any atom is -0.480 e. The average Bonchev–Trinajstić information content (AvgIpc) is 3.46. The number of hydrogen-bond donors (Lipinski definition) is 6. The SMILES string of the molecule is CC(C)[C@H](CC(=O)CN1CCN(CC(=O)O)CCN(CC(=O)O)CCN(CC(=O)O)CC1)C(=O)N[C@H](C)C(=O)N1CCC[C@H]1B(O)O. The van der Waals surface area contributed by atoms with Crippen molar-refractivity contribution in [3.63, 3.8) is 0 Å². The third kappa shape index (κ3) is 14.2. The van der Waals surface area contributed by atoms with Crippen molar-refractivity contribution >= 4 is 42.6 Å². The van der Waals surface area contributed by atoms with Crippen LogP contribution in [0.3, 0.4) is 0 Å². The number of Topliss-reactive ketones (excluding diaryl/α,β-unsaturated/α-hetero) is 1. The number of nitrogens with one attached hydrogen (secondary N) is 1. The molecule has 2 saturated heterocycles. The van der Waals surface area contributed by atoms with E-state index in [1.807, 2.05) is 0 Å². The molecule has 2 rings (SSSR count). The van der Waals surface area contributed by atoms with E-state index in [1.165, 1.54) is 11.8 Å². The maximum atomic E-state index is 13.4. The maximum absolute atomic E-state index is 13.4. The number of hydrogen-bond acceptors (Lipinski definition) is 12. The van der Waals surface area contributed by atoms with Crippen LogP contribution in [0.1, 0.15) is 40.0 Å². The number of rotatable bonds is 15. The van der Waals surface area contributed by atoms with Crippen LogP contribution < -0.4 is 5.32 Å². The van der Waals surface area contributed by atoms with E-state index in [0.717, 1.165) is 0 Å². The van der Waals surface area contributed by atoms with Crippen molar-refractivity contribution in [2.45, 2.75) is 52.0 Å². The lowest BCUT2D eigenvalue weighted by Gasteiger charge is -2.33. The van der Waals surface area contributed by atoms with Gasteiger partial charge < -0.3 is 35.6 Å².